The standard InChI is InChI=1S/C30H35NO4/c1-5-21-12-14-24(15-13-21)35-20-27-26-19-29(34-4)28(33-3)18-23(26)16-17-31(27)30(32)25(6-2)22-10-8-7-9-11-22/h7-15,18-19,25,27H,5-6,16-17,20H2,1-4H3. The molecule has 0 saturated carbocycles. The van der Waals surface area contributed by atoms with Gasteiger partial charge in [0.2, 0.25) is 5.91 Å². The van der Waals surface area contributed by atoms with Crippen LogP contribution in [0.15, 0.2) is 66.7 Å². The second kappa shape index (κ2) is 11.3. The van der Waals surface area contributed by atoms with Gasteiger partial charge in [0.05, 0.1) is 26.2 Å². The van der Waals surface area contributed by atoms with E-state index in [-0.39, 0.29) is 17.9 Å². The molecule has 0 N–H and O–H groups in total. The molecule has 4 rings (SSSR count). The number of methoxy groups -OCH3 is 2. The second-order valence-electron chi connectivity index (χ2n) is 8.88. The maximum Gasteiger partial charge on any atom is 0.230 e. The van der Waals surface area contributed by atoms with E-state index >= 15 is 0 Å². The van der Waals surface area contributed by atoms with E-state index < -0.39 is 0 Å². The third-order valence-corrected chi connectivity index (χ3v) is 6.93. The van der Waals surface area contributed by atoms with Gasteiger partial charge in [-0.25, -0.2) is 0 Å². The van der Waals surface area contributed by atoms with E-state index in [1.54, 1.807) is 14.2 Å². The van der Waals surface area contributed by atoms with E-state index in [4.69, 9.17) is 14.2 Å². The van der Waals surface area contributed by atoms with Crippen molar-refractivity contribution in [2.45, 2.75) is 45.1 Å². The average molecular weight is 474 g/mol. The Morgan fingerprint density at radius 3 is 2.29 bits per heavy atom. The SMILES string of the molecule is CCc1ccc(OCC2c3cc(OC)c(OC)cc3CCN2C(=O)C(CC)c2ccccc2)cc1. The number of carbonyl (C=O) groups is 1. The Labute approximate surface area is 208 Å². The summed E-state index contributed by atoms with van der Waals surface area (Å²) in [6.07, 6.45) is 2.48. The van der Waals surface area contributed by atoms with Crippen molar-refractivity contribution < 1.29 is 19.0 Å². The summed E-state index contributed by atoms with van der Waals surface area (Å²) in [6, 6.07) is 22.0. The molecule has 3 aromatic rings. The molecule has 0 radical (unpaired) electrons. The third kappa shape index (κ3) is 5.29. The van der Waals surface area contributed by atoms with Crippen molar-refractivity contribution >= 4 is 5.91 Å². The maximum atomic E-state index is 13.9. The van der Waals surface area contributed by atoms with Crippen LogP contribution in [0, 0.1) is 0 Å². The quantitative estimate of drug-likeness (QED) is 0.384. The van der Waals surface area contributed by atoms with Gasteiger partial charge in [-0.15, -0.1) is 0 Å². The molecule has 0 aromatic heterocycles. The van der Waals surface area contributed by atoms with Gasteiger partial charge in [0, 0.05) is 6.54 Å². The maximum absolute atomic E-state index is 13.9. The first kappa shape index (κ1) is 24.6. The van der Waals surface area contributed by atoms with Gasteiger partial charge >= 0.3 is 0 Å². The van der Waals surface area contributed by atoms with Crippen LogP contribution in [0.25, 0.3) is 0 Å². The number of rotatable bonds is 9. The largest absolute Gasteiger partial charge is 0.493 e. The summed E-state index contributed by atoms with van der Waals surface area (Å²) in [5, 5.41) is 0. The minimum atomic E-state index is -0.227. The molecular formula is C30H35NO4. The molecule has 0 saturated heterocycles. The zero-order chi connectivity index (χ0) is 24.8. The summed E-state index contributed by atoms with van der Waals surface area (Å²) in [5.41, 5.74) is 4.53. The van der Waals surface area contributed by atoms with E-state index in [0.29, 0.717) is 24.7 Å². The highest BCUT2D eigenvalue weighted by molar-refractivity contribution is 5.84. The molecule has 1 aliphatic rings. The Bertz CT molecular complexity index is 1130. The highest BCUT2D eigenvalue weighted by Crippen LogP contribution is 2.40. The molecular weight excluding hydrogens is 438 g/mol. The minimum Gasteiger partial charge on any atom is -0.493 e. The zero-order valence-corrected chi connectivity index (χ0v) is 21.1. The average Bonchev–Trinajstić information content (AvgIpc) is 2.92. The number of fused-ring (bicyclic) bond motifs is 1. The zero-order valence-electron chi connectivity index (χ0n) is 21.1. The Kier molecular flexibility index (Phi) is 7.96. The van der Waals surface area contributed by atoms with Crippen LogP contribution < -0.4 is 14.2 Å². The molecule has 1 heterocycles. The van der Waals surface area contributed by atoms with E-state index in [1.807, 2.05) is 59.5 Å². The first-order chi connectivity index (χ1) is 17.1. The second-order valence-corrected chi connectivity index (χ2v) is 8.88. The van der Waals surface area contributed by atoms with E-state index in [0.717, 1.165) is 41.7 Å². The number of aryl methyl sites for hydroxylation is 1. The normalized spacial score (nSPS) is 15.8. The minimum absolute atomic E-state index is 0.133. The van der Waals surface area contributed by atoms with Crippen molar-refractivity contribution in [3.8, 4) is 17.2 Å². The number of benzene rings is 3. The van der Waals surface area contributed by atoms with Gasteiger partial charge in [-0.1, -0.05) is 56.3 Å². The molecule has 0 spiro atoms. The number of carbonyl (C=O) groups excluding carboxylic acids is 1. The summed E-state index contributed by atoms with van der Waals surface area (Å²) in [5.74, 6) is 2.11. The molecule has 2 unspecified atom stereocenters. The van der Waals surface area contributed by atoms with Crippen LogP contribution >= 0.6 is 0 Å². The summed E-state index contributed by atoms with van der Waals surface area (Å²) in [7, 11) is 3.29. The topological polar surface area (TPSA) is 48.0 Å². The van der Waals surface area contributed by atoms with Crippen LogP contribution in [0.4, 0.5) is 0 Å². The molecule has 184 valence electrons. The Balaban J connectivity index is 1.68. The number of ether oxygens (including phenoxy) is 3. The van der Waals surface area contributed by atoms with E-state index in [9.17, 15) is 4.79 Å². The van der Waals surface area contributed by atoms with Crippen LogP contribution in [0.1, 0.15) is 54.5 Å². The van der Waals surface area contributed by atoms with E-state index in [2.05, 4.69) is 26.0 Å². The fourth-order valence-electron chi connectivity index (χ4n) is 4.91. The van der Waals surface area contributed by atoms with Crippen LogP contribution in [0.3, 0.4) is 0 Å². The Morgan fingerprint density at radius 2 is 1.66 bits per heavy atom. The Hall–Kier alpha value is -3.47. The highest BCUT2D eigenvalue weighted by Gasteiger charge is 2.35. The lowest BCUT2D eigenvalue weighted by atomic mass is 9.89. The first-order valence-electron chi connectivity index (χ1n) is 12.4. The highest BCUT2D eigenvalue weighted by atomic mass is 16.5. The van der Waals surface area contributed by atoms with Gasteiger partial charge in [0.15, 0.2) is 11.5 Å². The molecule has 5 heteroatoms. The number of hydrogen-bond donors (Lipinski definition) is 0. The molecule has 0 fully saturated rings. The molecule has 5 nitrogen and oxygen atoms in total. The fraction of sp³-hybridized carbons (Fsp3) is 0.367. The van der Waals surface area contributed by atoms with Crippen LogP contribution in [0.2, 0.25) is 0 Å². The predicted octanol–water partition coefficient (Wildman–Crippen LogP) is 5.96. The van der Waals surface area contributed by atoms with Gasteiger partial charge in [-0.3, -0.25) is 4.79 Å². The van der Waals surface area contributed by atoms with Crippen molar-refractivity contribution in [2.75, 3.05) is 27.4 Å². The van der Waals surface area contributed by atoms with Gasteiger partial charge in [0.25, 0.3) is 0 Å². The van der Waals surface area contributed by atoms with Crippen LogP contribution in [-0.4, -0.2) is 38.2 Å². The van der Waals surface area contributed by atoms with Crippen LogP contribution in [-0.2, 0) is 17.6 Å². The van der Waals surface area contributed by atoms with Gasteiger partial charge < -0.3 is 19.1 Å². The summed E-state index contributed by atoms with van der Waals surface area (Å²) >= 11 is 0. The lowest BCUT2D eigenvalue weighted by Crippen LogP contribution is -2.44. The number of hydrogen-bond acceptors (Lipinski definition) is 4. The van der Waals surface area contributed by atoms with Crippen LogP contribution in [0.5, 0.6) is 17.2 Å². The van der Waals surface area contributed by atoms with Crippen molar-refractivity contribution in [3.05, 3.63) is 89.0 Å². The first-order valence-corrected chi connectivity index (χ1v) is 12.4. The lowest BCUT2D eigenvalue weighted by molar-refractivity contribution is -0.136. The molecule has 3 aromatic carbocycles. The number of nitrogens with zero attached hydrogens (tertiary/aromatic N) is 1. The molecule has 35 heavy (non-hydrogen) atoms. The fourth-order valence-corrected chi connectivity index (χ4v) is 4.91. The molecule has 1 aliphatic heterocycles. The van der Waals surface area contributed by atoms with Crippen molar-refractivity contribution in [1.82, 2.24) is 4.90 Å². The van der Waals surface area contributed by atoms with Crippen molar-refractivity contribution in [1.29, 1.82) is 0 Å². The lowest BCUT2D eigenvalue weighted by Gasteiger charge is -2.39. The van der Waals surface area contributed by atoms with Gasteiger partial charge in [-0.2, -0.15) is 0 Å². The smallest absolute Gasteiger partial charge is 0.230 e. The van der Waals surface area contributed by atoms with Crippen molar-refractivity contribution in [2.24, 2.45) is 0 Å². The summed E-state index contributed by atoms with van der Waals surface area (Å²) in [4.78, 5) is 15.9. The monoisotopic (exact) mass is 473 g/mol. The third-order valence-electron chi connectivity index (χ3n) is 6.93. The van der Waals surface area contributed by atoms with E-state index in [1.165, 1.54) is 5.56 Å². The number of amides is 1. The molecule has 2 atom stereocenters. The molecule has 0 aliphatic carbocycles. The van der Waals surface area contributed by atoms with Gasteiger partial charge in [0.1, 0.15) is 12.4 Å². The summed E-state index contributed by atoms with van der Waals surface area (Å²) in [6.45, 7) is 5.21. The molecule has 0 bridgehead atoms. The van der Waals surface area contributed by atoms with Crippen molar-refractivity contribution in [3.63, 3.8) is 0 Å². The summed E-state index contributed by atoms with van der Waals surface area (Å²) < 4.78 is 17.4. The Morgan fingerprint density at radius 1 is 0.971 bits per heavy atom. The van der Waals surface area contributed by atoms with Gasteiger partial charge in [-0.05, 0) is 65.8 Å². The molecule has 1 amide bonds. The predicted molar refractivity (Wildman–Crippen MR) is 138 cm³/mol.